The molecule has 1 aromatic rings. The van der Waals surface area contributed by atoms with E-state index in [0.29, 0.717) is 12.8 Å². The molecule has 0 saturated heterocycles. The number of alkyl halides is 5. The second-order valence-corrected chi connectivity index (χ2v) is 6.79. The van der Waals surface area contributed by atoms with Gasteiger partial charge in [0, 0.05) is 12.8 Å². The van der Waals surface area contributed by atoms with Gasteiger partial charge in [0.25, 0.3) is 0 Å². The average molecular weight is 407 g/mol. The van der Waals surface area contributed by atoms with E-state index < -0.39 is 60.0 Å². The van der Waals surface area contributed by atoms with Gasteiger partial charge in [0.2, 0.25) is 11.8 Å². The van der Waals surface area contributed by atoms with Gasteiger partial charge in [0.05, 0.1) is 18.9 Å². The molecule has 1 aromatic carbocycles. The fourth-order valence-corrected chi connectivity index (χ4v) is 2.61. The predicted octanol–water partition coefficient (Wildman–Crippen LogP) is 4.35. The van der Waals surface area contributed by atoms with Crippen molar-refractivity contribution in [2.45, 2.75) is 62.5 Å². The largest absolute Gasteiger partial charge is 0.407 e. The van der Waals surface area contributed by atoms with E-state index in [-0.39, 0.29) is 0 Å². The summed E-state index contributed by atoms with van der Waals surface area (Å²) in [5.74, 6) is -5.25. The van der Waals surface area contributed by atoms with Gasteiger partial charge >= 0.3 is 11.8 Å². The van der Waals surface area contributed by atoms with Crippen LogP contribution in [0.3, 0.4) is 0 Å². The third kappa shape index (κ3) is 5.61. The molecule has 1 aliphatic rings. The normalized spacial score (nSPS) is 18.1. The molecule has 0 bridgehead atoms. The Bertz CT molecular complexity index is 737. The summed E-state index contributed by atoms with van der Waals surface area (Å²) in [6, 6.07) is -0.998. The number of benzene rings is 1. The van der Waals surface area contributed by atoms with Crippen molar-refractivity contribution < 1.29 is 31.1 Å². The quantitative estimate of drug-likeness (QED) is 0.497. The topological polar surface area (TPSA) is 45.5 Å². The van der Waals surface area contributed by atoms with Crippen LogP contribution in [0.15, 0.2) is 24.3 Å². The van der Waals surface area contributed by atoms with Crippen LogP contribution in [-0.2, 0) is 4.79 Å². The van der Waals surface area contributed by atoms with Crippen LogP contribution >= 0.6 is 0 Å². The molecule has 0 aromatic heterocycles. The lowest BCUT2D eigenvalue weighted by Crippen LogP contribution is -2.53. The summed E-state index contributed by atoms with van der Waals surface area (Å²) in [6.07, 6.45) is -6.15. The molecule has 10 heteroatoms. The van der Waals surface area contributed by atoms with Crippen LogP contribution in [0.5, 0.6) is 0 Å². The molecule has 0 radical (unpaired) electrons. The van der Waals surface area contributed by atoms with Gasteiger partial charge in [-0.15, -0.1) is 0 Å². The van der Waals surface area contributed by atoms with E-state index in [1.807, 2.05) is 5.32 Å². The fourth-order valence-electron chi connectivity index (χ4n) is 2.61. The van der Waals surface area contributed by atoms with E-state index in [0.717, 1.165) is 31.2 Å². The Labute approximate surface area is 158 Å². The minimum atomic E-state index is -4.92. The van der Waals surface area contributed by atoms with Crippen molar-refractivity contribution >= 4 is 5.91 Å². The Morgan fingerprint density at radius 2 is 1.79 bits per heavy atom. The van der Waals surface area contributed by atoms with Crippen LogP contribution < -0.4 is 10.6 Å². The molecule has 1 aliphatic carbocycles. The van der Waals surface area contributed by atoms with Crippen molar-refractivity contribution in [2.75, 3.05) is 0 Å². The van der Waals surface area contributed by atoms with Crippen molar-refractivity contribution in [3.05, 3.63) is 47.1 Å². The Kier molecular flexibility index (Phi) is 6.28. The molecule has 0 spiro atoms. The Hall–Kier alpha value is -2.28. The number of amides is 1. The lowest BCUT2D eigenvalue weighted by molar-refractivity contribution is -0.163. The highest BCUT2D eigenvalue weighted by Crippen LogP contribution is 2.38. The van der Waals surface area contributed by atoms with Gasteiger partial charge in [0.15, 0.2) is 0 Å². The Morgan fingerprint density at radius 1 is 1.21 bits per heavy atom. The van der Waals surface area contributed by atoms with Crippen LogP contribution in [0, 0.1) is 12.4 Å². The molecule has 28 heavy (non-hydrogen) atoms. The van der Waals surface area contributed by atoms with Crippen LogP contribution in [0.25, 0.3) is 4.85 Å². The maximum atomic E-state index is 13.9. The van der Waals surface area contributed by atoms with Crippen LogP contribution in [0.4, 0.5) is 26.3 Å². The second kappa shape index (κ2) is 7.99. The highest BCUT2D eigenvalue weighted by Gasteiger charge is 2.54. The minimum absolute atomic E-state index is 0.305. The zero-order valence-electron chi connectivity index (χ0n) is 14.9. The van der Waals surface area contributed by atoms with E-state index in [4.69, 9.17) is 6.57 Å². The van der Waals surface area contributed by atoms with Gasteiger partial charge in [-0.25, -0.2) is 19.7 Å². The van der Waals surface area contributed by atoms with Gasteiger partial charge in [-0.3, -0.25) is 20.3 Å². The molecule has 0 unspecified atom stereocenters. The van der Waals surface area contributed by atoms with Crippen molar-refractivity contribution in [1.82, 2.24) is 10.6 Å². The maximum Gasteiger partial charge on any atom is 0.407 e. The van der Waals surface area contributed by atoms with Gasteiger partial charge < -0.3 is 0 Å². The highest BCUT2D eigenvalue weighted by atomic mass is 19.4. The van der Waals surface area contributed by atoms with Gasteiger partial charge in [-0.1, -0.05) is 19.1 Å². The molecule has 2 atom stereocenters. The number of carbonyl (C=O) groups excluding carboxylic acids is 1. The molecule has 0 heterocycles. The summed E-state index contributed by atoms with van der Waals surface area (Å²) in [7, 11) is 0. The zero-order chi connectivity index (χ0) is 21.2. The lowest BCUT2D eigenvalue weighted by Gasteiger charge is -2.29. The molecule has 2 N–H and O–H groups in total. The van der Waals surface area contributed by atoms with E-state index >= 15 is 0 Å². The predicted molar refractivity (Wildman–Crippen MR) is 88.7 cm³/mol. The number of hydrogen-bond acceptors (Lipinski definition) is 2. The lowest BCUT2D eigenvalue weighted by atomic mass is 10.0. The Balaban J connectivity index is 2.30. The molecular formula is C18H19F6N3O. The minimum Gasteiger partial charge on any atom is -0.291 e. The van der Waals surface area contributed by atoms with Gasteiger partial charge in [-0.2, -0.15) is 13.2 Å². The number of nitrogens with zero attached hydrogens (tertiary/aromatic N) is 1. The van der Waals surface area contributed by atoms with Gasteiger partial charge in [-0.05, 0) is 17.7 Å². The van der Waals surface area contributed by atoms with Crippen molar-refractivity contribution in [1.29, 1.82) is 0 Å². The molecule has 1 fully saturated rings. The first-order valence-corrected chi connectivity index (χ1v) is 8.58. The molecule has 1 saturated carbocycles. The summed E-state index contributed by atoms with van der Waals surface area (Å²) >= 11 is 0. The third-order valence-corrected chi connectivity index (χ3v) is 4.53. The van der Waals surface area contributed by atoms with E-state index in [2.05, 4.69) is 10.2 Å². The van der Waals surface area contributed by atoms with Crippen molar-refractivity contribution in [3.8, 4) is 0 Å². The average Bonchev–Trinajstić information content (AvgIpc) is 3.38. The first-order chi connectivity index (χ1) is 12.9. The Morgan fingerprint density at radius 3 is 2.21 bits per heavy atom. The molecule has 1 amide bonds. The van der Waals surface area contributed by atoms with E-state index in [9.17, 15) is 31.1 Å². The smallest absolute Gasteiger partial charge is 0.291 e. The monoisotopic (exact) mass is 407 g/mol. The number of carbonyl (C=O) groups is 1. The molecule has 4 nitrogen and oxygen atoms in total. The summed E-state index contributed by atoms with van der Waals surface area (Å²) in [6.45, 7) is 8.19. The first-order valence-electron chi connectivity index (χ1n) is 8.58. The van der Waals surface area contributed by atoms with Crippen LogP contribution in [-0.4, -0.2) is 29.7 Å². The molecular weight excluding hydrogens is 388 g/mol. The van der Waals surface area contributed by atoms with Crippen molar-refractivity contribution in [2.24, 2.45) is 0 Å². The second-order valence-electron chi connectivity index (χ2n) is 6.79. The third-order valence-electron chi connectivity index (χ3n) is 4.53. The summed E-state index contributed by atoms with van der Waals surface area (Å²) in [5, 5.41) is 4.22. The van der Waals surface area contributed by atoms with E-state index in [1.54, 1.807) is 0 Å². The summed E-state index contributed by atoms with van der Waals surface area (Å²) in [5.41, 5.74) is -1.65. The number of hydrogen-bond donors (Lipinski definition) is 2. The van der Waals surface area contributed by atoms with Crippen LogP contribution in [0.1, 0.15) is 44.2 Å². The summed E-state index contributed by atoms with van der Waals surface area (Å²) in [4.78, 5) is 15.6. The molecule has 2 rings (SSSR count). The zero-order valence-corrected chi connectivity index (χ0v) is 14.9. The number of nitrogens with one attached hydrogen (secondary N) is 2. The first kappa shape index (κ1) is 22.0. The molecule has 154 valence electrons. The SMILES string of the molecule is [C-]#[N+]C1(NC(=O)[C@H](CC(F)(F)CC)N[C@@H](c2ccc(F)cc2)C(F)(F)F)CC1. The molecule has 0 aliphatic heterocycles. The van der Waals surface area contributed by atoms with Crippen molar-refractivity contribution in [3.63, 3.8) is 0 Å². The van der Waals surface area contributed by atoms with Crippen LogP contribution in [0.2, 0.25) is 0 Å². The number of halogens is 6. The highest BCUT2D eigenvalue weighted by molar-refractivity contribution is 5.83. The van der Waals surface area contributed by atoms with Gasteiger partial charge in [0.1, 0.15) is 11.9 Å². The number of rotatable bonds is 8. The standard InChI is InChI=1S/C18H19F6N3O/c1-3-16(20,21)10-13(15(28)27-17(25-2)8-9-17)26-14(18(22,23)24)11-4-6-12(19)7-5-11/h4-7,13-14,26H,3,8-10H2,1H3,(H,27,28)/t13-,14-/m0/s1. The fraction of sp³-hybridized carbons (Fsp3) is 0.556. The summed E-state index contributed by atoms with van der Waals surface area (Å²) < 4.78 is 81.4. The van der Waals surface area contributed by atoms with E-state index in [1.165, 1.54) is 0 Å². The maximum absolute atomic E-state index is 13.9.